The minimum Gasteiger partial charge on any atom is -0.383 e. The highest BCUT2D eigenvalue weighted by Crippen LogP contribution is 2.38. The minimum atomic E-state index is -0.475. The van der Waals surface area contributed by atoms with E-state index in [0.29, 0.717) is 0 Å². The van der Waals surface area contributed by atoms with Gasteiger partial charge in [-0.25, -0.2) is 0 Å². The monoisotopic (exact) mass is 272 g/mol. The highest BCUT2D eigenvalue weighted by molar-refractivity contribution is 7.12. The molecular weight excluding hydrogens is 252 g/mol. The Morgan fingerprint density at radius 1 is 1.21 bits per heavy atom. The average Bonchev–Trinajstić information content (AvgIpc) is 2.67. The van der Waals surface area contributed by atoms with Crippen molar-refractivity contribution in [2.75, 3.05) is 0 Å². The molecule has 1 aliphatic rings. The van der Waals surface area contributed by atoms with Crippen LogP contribution in [-0.4, -0.2) is 5.11 Å². The highest BCUT2D eigenvalue weighted by atomic mass is 32.1. The van der Waals surface area contributed by atoms with Gasteiger partial charge in [0.1, 0.15) is 6.10 Å². The maximum Gasteiger partial charge on any atom is 0.113 e. The van der Waals surface area contributed by atoms with Crippen molar-refractivity contribution in [3.63, 3.8) is 0 Å². The quantitative estimate of drug-likeness (QED) is 0.857. The number of thiophene rings is 1. The summed E-state index contributed by atoms with van der Waals surface area (Å²) in [5.41, 5.74) is 3.70. The molecule has 2 heteroatoms. The van der Waals surface area contributed by atoms with Crippen molar-refractivity contribution in [1.82, 2.24) is 0 Å². The molecule has 0 bridgehead atoms. The molecule has 100 valence electrons. The first kappa shape index (κ1) is 12.9. The topological polar surface area (TPSA) is 20.2 Å². The van der Waals surface area contributed by atoms with Crippen LogP contribution in [0.5, 0.6) is 0 Å². The molecule has 3 rings (SSSR count). The predicted molar refractivity (Wildman–Crippen MR) is 80.9 cm³/mol. The van der Waals surface area contributed by atoms with Crippen molar-refractivity contribution in [1.29, 1.82) is 0 Å². The van der Waals surface area contributed by atoms with E-state index in [4.69, 9.17) is 0 Å². The first-order valence-electron chi connectivity index (χ1n) is 7.00. The van der Waals surface area contributed by atoms with Gasteiger partial charge in [-0.3, -0.25) is 0 Å². The fourth-order valence-corrected chi connectivity index (χ4v) is 3.68. The van der Waals surface area contributed by atoms with Gasteiger partial charge in [0.15, 0.2) is 0 Å². The number of aliphatic hydroxyl groups excluding tert-OH is 1. The fourth-order valence-electron chi connectivity index (χ4n) is 2.63. The van der Waals surface area contributed by atoms with Crippen LogP contribution in [0.4, 0.5) is 0 Å². The van der Waals surface area contributed by atoms with Gasteiger partial charge < -0.3 is 5.11 Å². The van der Waals surface area contributed by atoms with Crippen LogP contribution in [0.3, 0.4) is 0 Å². The van der Waals surface area contributed by atoms with Crippen LogP contribution in [0.2, 0.25) is 0 Å². The standard InChI is InChI=1S/C17H20OS/c1-11-9-16(19-12(11)2)17(18)15-8-4-7-14(10-15)13-5-3-6-13/h4,7-10,13,17-18H,3,5-6H2,1-2H3. The first-order valence-corrected chi connectivity index (χ1v) is 7.81. The van der Waals surface area contributed by atoms with E-state index in [1.165, 1.54) is 35.3 Å². The van der Waals surface area contributed by atoms with Gasteiger partial charge in [0.25, 0.3) is 0 Å². The first-order chi connectivity index (χ1) is 9.15. The summed E-state index contributed by atoms with van der Waals surface area (Å²) in [7, 11) is 0. The zero-order valence-electron chi connectivity index (χ0n) is 11.5. The third-order valence-electron chi connectivity index (χ3n) is 4.26. The van der Waals surface area contributed by atoms with Gasteiger partial charge in [-0.2, -0.15) is 0 Å². The zero-order valence-corrected chi connectivity index (χ0v) is 12.3. The Labute approximate surface area is 118 Å². The van der Waals surface area contributed by atoms with Crippen molar-refractivity contribution < 1.29 is 5.11 Å². The van der Waals surface area contributed by atoms with Gasteiger partial charge in [-0.05, 0) is 55.4 Å². The maximum absolute atomic E-state index is 10.5. The SMILES string of the molecule is Cc1cc(C(O)c2cccc(C3CCC3)c2)sc1C. The van der Waals surface area contributed by atoms with Crippen molar-refractivity contribution in [2.24, 2.45) is 0 Å². The maximum atomic E-state index is 10.5. The average molecular weight is 272 g/mol. The summed E-state index contributed by atoms with van der Waals surface area (Å²) >= 11 is 1.70. The molecule has 19 heavy (non-hydrogen) atoms. The van der Waals surface area contributed by atoms with Crippen LogP contribution >= 0.6 is 11.3 Å². The largest absolute Gasteiger partial charge is 0.383 e. The summed E-state index contributed by atoms with van der Waals surface area (Å²) in [4.78, 5) is 2.35. The molecule has 0 aliphatic heterocycles. The molecule has 1 aromatic heterocycles. The molecule has 2 aromatic rings. The molecule has 0 radical (unpaired) electrons. The normalized spacial score (nSPS) is 17.2. The molecule has 1 saturated carbocycles. The van der Waals surface area contributed by atoms with Crippen molar-refractivity contribution in [3.05, 3.63) is 56.8 Å². The van der Waals surface area contributed by atoms with E-state index in [1.807, 2.05) is 6.07 Å². The summed E-state index contributed by atoms with van der Waals surface area (Å²) in [5.74, 6) is 0.721. The number of hydrogen-bond donors (Lipinski definition) is 1. The molecule has 1 nitrogen and oxygen atoms in total. The van der Waals surface area contributed by atoms with Gasteiger partial charge in [-0.1, -0.05) is 30.7 Å². The predicted octanol–water partition coefficient (Wildman–Crippen LogP) is 4.71. The lowest BCUT2D eigenvalue weighted by atomic mass is 9.79. The Morgan fingerprint density at radius 2 is 2.00 bits per heavy atom. The second kappa shape index (κ2) is 5.10. The number of aryl methyl sites for hydroxylation is 2. The Morgan fingerprint density at radius 3 is 2.58 bits per heavy atom. The molecule has 1 heterocycles. The van der Waals surface area contributed by atoms with Gasteiger partial charge in [0.05, 0.1) is 0 Å². The van der Waals surface area contributed by atoms with Gasteiger partial charge >= 0.3 is 0 Å². The van der Waals surface area contributed by atoms with Crippen molar-refractivity contribution in [2.45, 2.75) is 45.1 Å². The molecule has 0 saturated heterocycles. The molecule has 1 aliphatic carbocycles. The Balaban J connectivity index is 1.88. The summed E-state index contributed by atoms with van der Waals surface area (Å²) in [5, 5.41) is 10.5. The summed E-state index contributed by atoms with van der Waals surface area (Å²) < 4.78 is 0. The fraction of sp³-hybridized carbons (Fsp3) is 0.412. The smallest absolute Gasteiger partial charge is 0.113 e. The molecule has 1 aromatic carbocycles. The van der Waals surface area contributed by atoms with Crippen LogP contribution in [0.15, 0.2) is 30.3 Å². The van der Waals surface area contributed by atoms with Crippen LogP contribution < -0.4 is 0 Å². The van der Waals surface area contributed by atoms with E-state index < -0.39 is 6.10 Å². The molecule has 1 unspecified atom stereocenters. The van der Waals surface area contributed by atoms with E-state index in [0.717, 1.165) is 16.4 Å². The highest BCUT2D eigenvalue weighted by Gasteiger charge is 2.21. The van der Waals surface area contributed by atoms with Crippen LogP contribution in [0.1, 0.15) is 57.7 Å². The van der Waals surface area contributed by atoms with Gasteiger partial charge in [0.2, 0.25) is 0 Å². The summed E-state index contributed by atoms with van der Waals surface area (Å²) in [6, 6.07) is 10.6. The molecule has 1 atom stereocenters. The number of benzene rings is 1. The Kier molecular flexibility index (Phi) is 3.46. The van der Waals surface area contributed by atoms with E-state index in [-0.39, 0.29) is 0 Å². The van der Waals surface area contributed by atoms with Gasteiger partial charge in [0, 0.05) is 9.75 Å². The van der Waals surface area contributed by atoms with Gasteiger partial charge in [-0.15, -0.1) is 11.3 Å². The van der Waals surface area contributed by atoms with Crippen molar-refractivity contribution >= 4 is 11.3 Å². The third-order valence-corrected chi connectivity index (χ3v) is 5.46. The summed E-state index contributed by atoms with van der Waals surface area (Å²) in [6.45, 7) is 4.22. The minimum absolute atomic E-state index is 0.475. The number of rotatable bonds is 3. The van der Waals surface area contributed by atoms with Crippen LogP contribution in [0, 0.1) is 13.8 Å². The van der Waals surface area contributed by atoms with Crippen molar-refractivity contribution in [3.8, 4) is 0 Å². The zero-order chi connectivity index (χ0) is 13.4. The molecule has 0 amide bonds. The van der Waals surface area contributed by atoms with Crippen LogP contribution in [0.25, 0.3) is 0 Å². The van der Waals surface area contributed by atoms with Crippen LogP contribution in [-0.2, 0) is 0 Å². The second-order valence-corrected chi connectivity index (χ2v) is 6.88. The van der Waals surface area contributed by atoms with E-state index >= 15 is 0 Å². The molecule has 0 spiro atoms. The third kappa shape index (κ3) is 2.47. The lowest BCUT2D eigenvalue weighted by Gasteiger charge is -2.26. The summed E-state index contributed by atoms with van der Waals surface area (Å²) in [6.07, 6.45) is 3.48. The van der Waals surface area contributed by atoms with E-state index in [2.05, 4.69) is 38.1 Å². The lowest BCUT2D eigenvalue weighted by molar-refractivity contribution is 0.224. The molecule has 1 fully saturated rings. The second-order valence-electron chi connectivity index (χ2n) is 5.59. The number of hydrogen-bond acceptors (Lipinski definition) is 2. The van der Waals surface area contributed by atoms with E-state index in [9.17, 15) is 5.11 Å². The Hall–Kier alpha value is -1.12. The lowest BCUT2D eigenvalue weighted by Crippen LogP contribution is -2.09. The molecular formula is C17H20OS. The molecule has 1 N–H and O–H groups in total. The Bertz CT molecular complexity index is 561. The van der Waals surface area contributed by atoms with E-state index in [1.54, 1.807) is 11.3 Å². The number of aliphatic hydroxyl groups is 1.